The van der Waals surface area contributed by atoms with Crippen LogP contribution in [0.1, 0.15) is 20.7 Å². The van der Waals surface area contributed by atoms with Gasteiger partial charge in [-0.15, -0.1) is 23.2 Å². The topological polar surface area (TPSA) is 74.8 Å². The van der Waals surface area contributed by atoms with Gasteiger partial charge in [0.1, 0.15) is 16.3 Å². The van der Waals surface area contributed by atoms with Gasteiger partial charge in [-0.2, -0.15) is 5.01 Å². The highest BCUT2D eigenvalue weighted by Crippen LogP contribution is 2.77. The molecule has 1 saturated heterocycles. The van der Waals surface area contributed by atoms with E-state index in [0.717, 1.165) is 5.01 Å². The molecule has 3 amide bonds. The van der Waals surface area contributed by atoms with Gasteiger partial charge in [-0.05, 0) is 24.3 Å². The van der Waals surface area contributed by atoms with Crippen molar-refractivity contribution in [3.05, 3.63) is 80.8 Å². The van der Waals surface area contributed by atoms with E-state index >= 15 is 0 Å². The van der Waals surface area contributed by atoms with Gasteiger partial charge in [0.25, 0.3) is 17.7 Å². The van der Waals surface area contributed by atoms with Gasteiger partial charge < -0.3 is 0 Å². The lowest BCUT2D eigenvalue weighted by Gasteiger charge is -2.36. The number of nitrogens with zero attached hydrogens (tertiary/aromatic N) is 2. The highest BCUT2D eigenvalue weighted by molar-refractivity contribution is 6.66. The van der Waals surface area contributed by atoms with Crippen molar-refractivity contribution in [1.82, 2.24) is 10.0 Å². The Morgan fingerprint density at radius 1 is 0.757 bits per heavy atom. The zero-order valence-corrected chi connectivity index (χ0v) is 23.5. The number of ketones is 1. The normalized spacial score (nSPS) is 29.6. The molecule has 2 bridgehead atoms. The van der Waals surface area contributed by atoms with E-state index in [1.807, 2.05) is 0 Å². The molecule has 1 saturated carbocycles. The predicted octanol–water partition coefficient (Wildman–Crippen LogP) is 6.03. The first-order chi connectivity index (χ1) is 17.3. The van der Waals surface area contributed by atoms with Gasteiger partial charge in [0, 0.05) is 16.1 Å². The maximum atomic E-state index is 13.8. The molecule has 1 aliphatic heterocycles. The van der Waals surface area contributed by atoms with E-state index in [4.69, 9.17) is 81.2 Å². The molecule has 2 aromatic carbocycles. The van der Waals surface area contributed by atoms with Gasteiger partial charge in [0.2, 0.25) is 0 Å². The SMILES string of the molecule is O=C(CN(C(=O)c1ccc(Cl)cc1)N1C(=O)[C@@H]2[C@@H](C1=O)[C@@]1(Cl)C(Cl)=C(Cl)[C@@]2(Cl)C1(Cl)Cl)c1ccccc1. The molecule has 13 heteroatoms. The van der Waals surface area contributed by atoms with Crippen LogP contribution in [0.5, 0.6) is 0 Å². The average Bonchev–Trinajstić information content (AvgIpc) is 3.26. The highest BCUT2D eigenvalue weighted by atomic mass is 35.5. The van der Waals surface area contributed by atoms with Crippen molar-refractivity contribution in [3.8, 4) is 0 Å². The monoisotopic (exact) mass is 638 g/mol. The van der Waals surface area contributed by atoms with Gasteiger partial charge in [-0.3, -0.25) is 19.2 Å². The van der Waals surface area contributed by atoms with E-state index in [0.29, 0.717) is 10.0 Å². The molecular formula is C24H13Cl7N2O4. The van der Waals surface area contributed by atoms with Gasteiger partial charge in [0.15, 0.2) is 10.1 Å². The lowest BCUT2D eigenvalue weighted by molar-refractivity contribution is -0.154. The molecular weight excluding hydrogens is 628 g/mol. The Balaban J connectivity index is 1.60. The summed E-state index contributed by atoms with van der Waals surface area (Å²) in [6.07, 6.45) is 0. The van der Waals surface area contributed by atoms with Crippen LogP contribution in [0.3, 0.4) is 0 Å². The molecule has 2 aromatic rings. The molecule has 1 heterocycles. The number of hydrogen-bond acceptors (Lipinski definition) is 4. The first-order valence-electron chi connectivity index (χ1n) is 10.7. The van der Waals surface area contributed by atoms with Crippen LogP contribution < -0.4 is 0 Å². The Bertz CT molecular complexity index is 1350. The predicted molar refractivity (Wildman–Crippen MR) is 142 cm³/mol. The van der Waals surface area contributed by atoms with Crippen LogP contribution in [-0.4, -0.2) is 54.1 Å². The van der Waals surface area contributed by atoms with Crippen LogP contribution in [0.2, 0.25) is 5.02 Å². The summed E-state index contributed by atoms with van der Waals surface area (Å²) in [6, 6.07) is 13.8. The molecule has 0 unspecified atom stereocenters. The third-order valence-electron chi connectivity index (χ3n) is 6.84. The first kappa shape index (κ1) is 27.1. The molecule has 6 nitrogen and oxygen atoms in total. The van der Waals surface area contributed by atoms with E-state index in [2.05, 4.69) is 0 Å². The minimum absolute atomic E-state index is 0.0605. The summed E-state index contributed by atoms with van der Waals surface area (Å²) in [5.41, 5.74) is 0.317. The lowest BCUT2D eigenvalue weighted by atomic mass is 9.84. The standard InChI is InChI=1S/C24H13Cl7N2O4/c25-13-8-6-12(7-9-13)19(35)32(10-14(34)11-4-2-1-3-5-11)33-20(36)15-16(21(33)37)23(29)18(27)17(26)22(15,28)24(23,30)31/h1-9,15-16H,10H2/t15-,16-,22+,23+/m0/s1. The molecule has 5 rings (SSSR count). The lowest BCUT2D eigenvalue weighted by Crippen LogP contribution is -2.56. The summed E-state index contributed by atoms with van der Waals surface area (Å²) in [5.74, 6) is -6.20. The number of allylic oxidation sites excluding steroid dienone is 2. The van der Waals surface area contributed by atoms with Gasteiger partial charge in [0.05, 0.1) is 21.9 Å². The van der Waals surface area contributed by atoms with Crippen molar-refractivity contribution in [2.45, 2.75) is 14.1 Å². The Kier molecular flexibility index (Phi) is 6.60. The number of fused-ring (bicyclic) bond motifs is 5. The van der Waals surface area contributed by atoms with E-state index in [-0.39, 0.29) is 21.2 Å². The van der Waals surface area contributed by atoms with Crippen molar-refractivity contribution in [2.75, 3.05) is 6.54 Å². The second-order valence-corrected chi connectivity index (χ2v) is 12.4. The third-order valence-corrected chi connectivity index (χ3v) is 11.4. The second kappa shape index (κ2) is 9.02. The van der Waals surface area contributed by atoms with Crippen molar-refractivity contribution < 1.29 is 19.2 Å². The molecule has 3 aliphatic rings. The molecule has 0 radical (unpaired) electrons. The molecule has 2 fully saturated rings. The number of alkyl halides is 4. The smallest absolute Gasteiger partial charge is 0.273 e. The number of imide groups is 1. The number of carbonyl (C=O) groups excluding carboxylic acids is 4. The molecule has 37 heavy (non-hydrogen) atoms. The Morgan fingerprint density at radius 3 is 1.73 bits per heavy atom. The molecule has 0 spiro atoms. The number of amides is 3. The zero-order chi connectivity index (χ0) is 27.1. The number of Topliss-reactive ketones (excluding diaryl/α,β-unsaturated/α-hetero) is 1. The van der Waals surface area contributed by atoms with E-state index < -0.39 is 56.0 Å². The van der Waals surface area contributed by atoms with E-state index in [1.54, 1.807) is 18.2 Å². The fraction of sp³-hybridized carbons (Fsp3) is 0.250. The number of halogens is 7. The van der Waals surface area contributed by atoms with Crippen LogP contribution in [0, 0.1) is 11.8 Å². The minimum Gasteiger partial charge on any atom is -0.292 e. The van der Waals surface area contributed by atoms with Crippen LogP contribution in [-0.2, 0) is 9.59 Å². The third kappa shape index (κ3) is 3.47. The number of hydrazine groups is 1. The summed E-state index contributed by atoms with van der Waals surface area (Å²) in [5, 5.41) is 1.12. The zero-order valence-electron chi connectivity index (χ0n) is 18.2. The van der Waals surface area contributed by atoms with Crippen LogP contribution in [0.15, 0.2) is 64.7 Å². The van der Waals surface area contributed by atoms with Crippen LogP contribution >= 0.6 is 81.2 Å². The molecule has 192 valence electrons. The van der Waals surface area contributed by atoms with Crippen LogP contribution in [0.25, 0.3) is 0 Å². The summed E-state index contributed by atoms with van der Waals surface area (Å²) in [4.78, 5) is 50.3. The average molecular weight is 642 g/mol. The minimum atomic E-state index is -2.13. The quantitative estimate of drug-likeness (QED) is 0.227. The highest BCUT2D eigenvalue weighted by Gasteiger charge is 2.88. The van der Waals surface area contributed by atoms with Crippen molar-refractivity contribution in [3.63, 3.8) is 0 Å². The van der Waals surface area contributed by atoms with Crippen LogP contribution in [0.4, 0.5) is 0 Å². The van der Waals surface area contributed by atoms with Crippen molar-refractivity contribution in [2.24, 2.45) is 11.8 Å². The summed E-state index contributed by atoms with van der Waals surface area (Å²) >= 11 is 45.2. The Hall–Kier alpha value is -1.51. The van der Waals surface area contributed by atoms with Gasteiger partial charge in [-0.1, -0.05) is 88.3 Å². The van der Waals surface area contributed by atoms with E-state index in [9.17, 15) is 19.2 Å². The van der Waals surface area contributed by atoms with Crippen molar-refractivity contribution >= 4 is 105 Å². The molecule has 4 atom stereocenters. The van der Waals surface area contributed by atoms with Crippen molar-refractivity contribution in [1.29, 1.82) is 0 Å². The van der Waals surface area contributed by atoms with Gasteiger partial charge in [-0.25, -0.2) is 5.01 Å². The molecule has 2 aliphatic carbocycles. The number of rotatable bonds is 5. The number of benzene rings is 2. The number of hydrogen-bond donors (Lipinski definition) is 0. The fourth-order valence-electron chi connectivity index (χ4n) is 5.04. The summed E-state index contributed by atoms with van der Waals surface area (Å²) in [7, 11) is 0. The summed E-state index contributed by atoms with van der Waals surface area (Å²) < 4.78 is -2.13. The Labute approximate surface area is 245 Å². The summed E-state index contributed by atoms with van der Waals surface area (Å²) in [6.45, 7) is -0.658. The fourth-order valence-corrected chi connectivity index (χ4v) is 8.10. The molecule has 0 N–H and O–H groups in total. The maximum Gasteiger partial charge on any atom is 0.273 e. The Morgan fingerprint density at radius 2 is 1.24 bits per heavy atom. The second-order valence-electron chi connectivity index (χ2n) is 8.73. The molecule has 0 aromatic heterocycles. The van der Waals surface area contributed by atoms with Gasteiger partial charge >= 0.3 is 0 Å². The first-order valence-corrected chi connectivity index (χ1v) is 13.3. The van der Waals surface area contributed by atoms with E-state index in [1.165, 1.54) is 36.4 Å². The largest absolute Gasteiger partial charge is 0.292 e. The maximum absolute atomic E-state index is 13.8. The number of carbonyl (C=O) groups is 4.